The monoisotopic (exact) mass is 375 g/mol. The molecule has 0 spiro atoms. The van der Waals surface area contributed by atoms with Gasteiger partial charge in [-0.1, -0.05) is 29.8 Å². The molecule has 27 heavy (non-hydrogen) atoms. The first-order chi connectivity index (χ1) is 12.6. The maximum absolute atomic E-state index is 12.2. The standard InChI is InChI=1S/C20H29N3O4/c1-13-5-7-14(8-6-13)11-17(24)22-23-18(25)15-9-10-16(12-15)21-19(26)27-20(2,3)4/h5-8,15-16H,9-12H2,1-4H3,(H,21,26)(H,22,24)(H,23,25)/t15-,16-/m0/s1. The minimum atomic E-state index is -0.554. The van der Waals surface area contributed by atoms with Crippen LogP contribution in [-0.2, 0) is 20.7 Å². The molecule has 2 rings (SSSR count). The molecule has 1 aliphatic carbocycles. The van der Waals surface area contributed by atoms with Gasteiger partial charge in [-0.3, -0.25) is 20.4 Å². The lowest BCUT2D eigenvalue weighted by molar-refractivity contribution is -0.130. The van der Waals surface area contributed by atoms with Gasteiger partial charge in [0.1, 0.15) is 5.60 Å². The molecule has 3 N–H and O–H groups in total. The molecule has 0 radical (unpaired) electrons. The Morgan fingerprint density at radius 3 is 2.37 bits per heavy atom. The Bertz CT molecular complexity index is 679. The maximum atomic E-state index is 12.2. The first-order valence-corrected chi connectivity index (χ1v) is 9.26. The van der Waals surface area contributed by atoms with Gasteiger partial charge in [0.15, 0.2) is 0 Å². The second-order valence-electron chi connectivity index (χ2n) is 8.05. The van der Waals surface area contributed by atoms with Crippen molar-refractivity contribution in [1.82, 2.24) is 16.2 Å². The highest BCUT2D eigenvalue weighted by Gasteiger charge is 2.32. The van der Waals surface area contributed by atoms with Gasteiger partial charge in [0.25, 0.3) is 0 Å². The summed E-state index contributed by atoms with van der Waals surface area (Å²) in [6.45, 7) is 7.39. The van der Waals surface area contributed by atoms with Gasteiger partial charge in [-0.2, -0.15) is 0 Å². The van der Waals surface area contributed by atoms with Crippen LogP contribution >= 0.6 is 0 Å². The Hall–Kier alpha value is -2.57. The highest BCUT2D eigenvalue weighted by atomic mass is 16.6. The van der Waals surface area contributed by atoms with Crippen molar-refractivity contribution < 1.29 is 19.1 Å². The van der Waals surface area contributed by atoms with Crippen LogP contribution in [0.15, 0.2) is 24.3 Å². The fourth-order valence-corrected chi connectivity index (χ4v) is 2.99. The largest absolute Gasteiger partial charge is 0.444 e. The number of carbonyl (C=O) groups excluding carboxylic acids is 3. The van der Waals surface area contributed by atoms with Crippen molar-refractivity contribution >= 4 is 17.9 Å². The molecule has 7 heteroatoms. The van der Waals surface area contributed by atoms with Crippen molar-refractivity contribution in [2.45, 2.75) is 65.0 Å². The van der Waals surface area contributed by atoms with E-state index in [1.165, 1.54) is 0 Å². The van der Waals surface area contributed by atoms with Crippen molar-refractivity contribution in [1.29, 1.82) is 0 Å². The quantitative estimate of drug-likeness (QED) is 0.704. The fraction of sp³-hybridized carbons (Fsp3) is 0.550. The van der Waals surface area contributed by atoms with E-state index in [0.717, 1.165) is 11.1 Å². The van der Waals surface area contributed by atoms with Crippen molar-refractivity contribution in [3.05, 3.63) is 35.4 Å². The highest BCUT2D eigenvalue weighted by Crippen LogP contribution is 2.25. The molecule has 0 unspecified atom stereocenters. The Kier molecular flexibility index (Phi) is 6.82. The maximum Gasteiger partial charge on any atom is 0.407 e. The zero-order valence-electron chi connectivity index (χ0n) is 16.4. The first kappa shape index (κ1) is 20.7. The van der Waals surface area contributed by atoms with Gasteiger partial charge in [-0.15, -0.1) is 0 Å². The van der Waals surface area contributed by atoms with E-state index in [9.17, 15) is 14.4 Å². The van der Waals surface area contributed by atoms with Crippen LogP contribution in [0.3, 0.4) is 0 Å². The van der Waals surface area contributed by atoms with E-state index in [4.69, 9.17) is 4.74 Å². The van der Waals surface area contributed by atoms with Gasteiger partial charge in [0.05, 0.1) is 6.42 Å². The number of hydrazine groups is 1. The number of rotatable bonds is 4. The second-order valence-corrected chi connectivity index (χ2v) is 8.05. The molecule has 1 saturated carbocycles. The van der Waals surface area contributed by atoms with Crippen LogP contribution in [0.5, 0.6) is 0 Å². The third kappa shape index (κ3) is 7.29. The fourth-order valence-electron chi connectivity index (χ4n) is 2.99. The molecule has 1 aromatic rings. The van der Waals surface area contributed by atoms with Gasteiger partial charge in [0.2, 0.25) is 11.8 Å². The van der Waals surface area contributed by atoms with Gasteiger partial charge in [-0.05, 0) is 52.5 Å². The average molecular weight is 375 g/mol. The summed E-state index contributed by atoms with van der Waals surface area (Å²) < 4.78 is 5.23. The summed E-state index contributed by atoms with van der Waals surface area (Å²) in [6, 6.07) is 7.56. The Labute approximate surface area is 160 Å². The molecule has 148 valence electrons. The topological polar surface area (TPSA) is 96.5 Å². The summed E-state index contributed by atoms with van der Waals surface area (Å²) in [5.74, 6) is -0.751. The molecule has 0 bridgehead atoms. The van der Waals surface area contributed by atoms with Crippen LogP contribution in [0.25, 0.3) is 0 Å². The van der Waals surface area contributed by atoms with Crippen LogP contribution in [0.2, 0.25) is 0 Å². The smallest absolute Gasteiger partial charge is 0.407 e. The lowest BCUT2D eigenvalue weighted by atomic mass is 10.1. The van der Waals surface area contributed by atoms with Gasteiger partial charge in [0, 0.05) is 12.0 Å². The van der Waals surface area contributed by atoms with Crippen LogP contribution in [-0.4, -0.2) is 29.6 Å². The summed E-state index contributed by atoms with van der Waals surface area (Å²) in [6.07, 6.45) is 1.61. The summed E-state index contributed by atoms with van der Waals surface area (Å²) in [7, 11) is 0. The number of hydrogen-bond donors (Lipinski definition) is 3. The minimum Gasteiger partial charge on any atom is -0.444 e. The van der Waals surface area contributed by atoms with E-state index in [-0.39, 0.29) is 30.2 Å². The number of nitrogens with one attached hydrogen (secondary N) is 3. The van der Waals surface area contributed by atoms with E-state index >= 15 is 0 Å². The van der Waals surface area contributed by atoms with Gasteiger partial charge in [-0.25, -0.2) is 4.79 Å². The zero-order valence-corrected chi connectivity index (χ0v) is 16.4. The van der Waals surface area contributed by atoms with Crippen LogP contribution in [0, 0.1) is 12.8 Å². The molecule has 7 nitrogen and oxygen atoms in total. The van der Waals surface area contributed by atoms with Gasteiger partial charge >= 0.3 is 6.09 Å². The number of ether oxygens (including phenoxy) is 1. The van der Waals surface area contributed by atoms with Gasteiger partial charge < -0.3 is 10.1 Å². The molecule has 1 aromatic carbocycles. The molecular weight excluding hydrogens is 346 g/mol. The lowest BCUT2D eigenvalue weighted by Gasteiger charge is -2.21. The molecule has 0 aromatic heterocycles. The number of aryl methyl sites for hydroxylation is 1. The number of hydrogen-bond acceptors (Lipinski definition) is 4. The number of alkyl carbamates (subject to hydrolysis) is 1. The summed E-state index contributed by atoms with van der Waals surface area (Å²) in [5, 5.41) is 2.79. The van der Waals surface area contributed by atoms with Crippen molar-refractivity contribution in [3.8, 4) is 0 Å². The molecule has 1 fully saturated rings. The molecule has 3 amide bonds. The number of carbonyl (C=O) groups is 3. The Morgan fingerprint density at radius 1 is 1.07 bits per heavy atom. The summed E-state index contributed by atoms with van der Waals surface area (Å²) in [5.41, 5.74) is 6.40. The van der Waals surface area contributed by atoms with Crippen molar-refractivity contribution in [3.63, 3.8) is 0 Å². The summed E-state index contributed by atoms with van der Waals surface area (Å²) in [4.78, 5) is 36.0. The average Bonchev–Trinajstić information content (AvgIpc) is 3.01. The molecule has 1 aliphatic rings. The highest BCUT2D eigenvalue weighted by molar-refractivity contribution is 5.84. The van der Waals surface area contributed by atoms with E-state index in [2.05, 4.69) is 16.2 Å². The molecule has 0 saturated heterocycles. The van der Waals surface area contributed by atoms with E-state index in [1.54, 1.807) is 20.8 Å². The first-order valence-electron chi connectivity index (χ1n) is 9.26. The molecule has 0 heterocycles. The normalized spacial score (nSPS) is 19.3. The third-order valence-electron chi connectivity index (χ3n) is 4.33. The Balaban J connectivity index is 1.71. The van der Waals surface area contributed by atoms with Crippen molar-refractivity contribution in [2.24, 2.45) is 5.92 Å². The zero-order chi connectivity index (χ0) is 20.0. The predicted octanol–water partition coefficient (Wildman–Crippen LogP) is 2.38. The van der Waals surface area contributed by atoms with Crippen LogP contribution in [0.4, 0.5) is 4.79 Å². The molecule has 2 atom stereocenters. The van der Waals surface area contributed by atoms with E-state index in [1.807, 2.05) is 31.2 Å². The number of amides is 3. The minimum absolute atomic E-state index is 0.0983. The van der Waals surface area contributed by atoms with E-state index in [0.29, 0.717) is 19.3 Å². The van der Waals surface area contributed by atoms with Crippen LogP contribution < -0.4 is 16.2 Å². The van der Waals surface area contributed by atoms with E-state index < -0.39 is 11.7 Å². The van der Waals surface area contributed by atoms with Crippen LogP contribution in [0.1, 0.15) is 51.2 Å². The predicted molar refractivity (Wildman–Crippen MR) is 102 cm³/mol. The summed E-state index contributed by atoms with van der Waals surface area (Å²) >= 11 is 0. The van der Waals surface area contributed by atoms with Crippen molar-refractivity contribution in [2.75, 3.05) is 0 Å². The third-order valence-corrected chi connectivity index (χ3v) is 4.33. The second kappa shape index (κ2) is 8.88. The Morgan fingerprint density at radius 2 is 1.74 bits per heavy atom. The molecular formula is C20H29N3O4. The number of benzene rings is 1. The lowest BCUT2D eigenvalue weighted by Crippen LogP contribution is -2.45. The SMILES string of the molecule is Cc1ccc(CC(=O)NNC(=O)[C@H]2CC[C@H](NC(=O)OC(C)(C)C)C2)cc1. The molecule has 0 aliphatic heterocycles.